The van der Waals surface area contributed by atoms with Crippen LogP contribution in [0.2, 0.25) is 5.02 Å². The van der Waals surface area contributed by atoms with Gasteiger partial charge in [0.15, 0.2) is 0 Å². The summed E-state index contributed by atoms with van der Waals surface area (Å²) in [5.41, 5.74) is 2.36. The molecule has 5 nitrogen and oxygen atoms in total. The van der Waals surface area contributed by atoms with E-state index in [4.69, 9.17) is 16.9 Å². The van der Waals surface area contributed by atoms with Crippen molar-refractivity contribution in [1.29, 1.82) is 5.26 Å². The SMILES string of the molecule is Cc1ccc(N2CCN(CCC3CCC(NC(=O)CC#N)CC3)CC2)cc1Cl. The van der Waals surface area contributed by atoms with E-state index < -0.39 is 0 Å². The van der Waals surface area contributed by atoms with E-state index in [0.717, 1.165) is 55.5 Å². The standard InChI is InChI=1S/C22H31ClN4O/c1-17-2-7-20(16-21(17)23)27-14-12-26(13-15-27)11-9-18-3-5-19(6-4-18)25-22(28)8-10-24/h2,7,16,18-19H,3-6,8-9,11-15H2,1H3,(H,25,28). The predicted molar refractivity (Wildman–Crippen MR) is 114 cm³/mol. The van der Waals surface area contributed by atoms with E-state index in [9.17, 15) is 4.79 Å². The van der Waals surface area contributed by atoms with Crippen molar-refractivity contribution in [1.82, 2.24) is 10.2 Å². The van der Waals surface area contributed by atoms with Crippen LogP contribution in [0.4, 0.5) is 5.69 Å². The molecule has 28 heavy (non-hydrogen) atoms. The molecule has 0 spiro atoms. The summed E-state index contributed by atoms with van der Waals surface area (Å²) in [5.74, 6) is 0.636. The van der Waals surface area contributed by atoms with Crippen LogP contribution >= 0.6 is 11.6 Å². The normalized spacial score (nSPS) is 23.2. The van der Waals surface area contributed by atoms with Crippen molar-refractivity contribution in [2.24, 2.45) is 5.92 Å². The molecule has 2 fully saturated rings. The molecule has 1 aromatic rings. The molecule has 3 rings (SSSR count). The van der Waals surface area contributed by atoms with Crippen molar-refractivity contribution in [2.45, 2.75) is 51.5 Å². The highest BCUT2D eigenvalue weighted by Crippen LogP contribution is 2.28. The first-order valence-corrected chi connectivity index (χ1v) is 10.8. The number of halogens is 1. The Morgan fingerprint density at radius 1 is 1.21 bits per heavy atom. The zero-order chi connectivity index (χ0) is 19.9. The Bertz CT molecular complexity index is 701. The summed E-state index contributed by atoms with van der Waals surface area (Å²) in [4.78, 5) is 16.5. The maximum absolute atomic E-state index is 11.5. The van der Waals surface area contributed by atoms with E-state index in [-0.39, 0.29) is 18.4 Å². The fraction of sp³-hybridized carbons (Fsp3) is 0.636. The monoisotopic (exact) mass is 402 g/mol. The summed E-state index contributed by atoms with van der Waals surface area (Å²) >= 11 is 6.28. The summed E-state index contributed by atoms with van der Waals surface area (Å²) in [5, 5.41) is 12.4. The summed E-state index contributed by atoms with van der Waals surface area (Å²) < 4.78 is 0. The molecule has 2 aliphatic rings. The number of hydrogen-bond acceptors (Lipinski definition) is 4. The molecule has 1 aromatic carbocycles. The Labute approximate surface area is 173 Å². The third-order valence-electron chi connectivity index (χ3n) is 6.20. The van der Waals surface area contributed by atoms with Gasteiger partial charge < -0.3 is 10.2 Å². The molecule has 0 atom stereocenters. The number of carbonyl (C=O) groups is 1. The quantitative estimate of drug-likeness (QED) is 0.787. The van der Waals surface area contributed by atoms with Crippen molar-refractivity contribution in [3.8, 4) is 6.07 Å². The van der Waals surface area contributed by atoms with Crippen LogP contribution < -0.4 is 10.2 Å². The molecule has 1 amide bonds. The number of hydrogen-bond donors (Lipinski definition) is 1. The second-order valence-electron chi connectivity index (χ2n) is 8.17. The molecule has 6 heteroatoms. The van der Waals surface area contributed by atoms with Gasteiger partial charge in [0.05, 0.1) is 6.07 Å². The first kappa shape index (κ1) is 21.0. The van der Waals surface area contributed by atoms with Crippen LogP contribution in [0.25, 0.3) is 0 Å². The molecule has 1 aliphatic carbocycles. The zero-order valence-electron chi connectivity index (χ0n) is 16.8. The summed E-state index contributed by atoms with van der Waals surface area (Å²) in [6, 6.07) is 8.53. The summed E-state index contributed by atoms with van der Waals surface area (Å²) in [7, 11) is 0. The Balaban J connectivity index is 1.34. The molecule has 1 saturated carbocycles. The van der Waals surface area contributed by atoms with Gasteiger partial charge in [0.25, 0.3) is 0 Å². The minimum atomic E-state index is -0.126. The number of nitrogens with one attached hydrogen (secondary N) is 1. The van der Waals surface area contributed by atoms with Gasteiger partial charge in [0.1, 0.15) is 6.42 Å². The van der Waals surface area contributed by atoms with E-state index in [1.807, 2.05) is 13.0 Å². The number of aryl methyl sites for hydroxylation is 1. The van der Waals surface area contributed by atoms with Crippen LogP contribution in [-0.2, 0) is 4.79 Å². The second-order valence-corrected chi connectivity index (χ2v) is 8.58. The highest BCUT2D eigenvalue weighted by atomic mass is 35.5. The van der Waals surface area contributed by atoms with E-state index in [0.29, 0.717) is 0 Å². The molecule has 1 aliphatic heterocycles. The van der Waals surface area contributed by atoms with Gasteiger partial charge in [-0.25, -0.2) is 0 Å². The molecular weight excluding hydrogens is 372 g/mol. The molecule has 0 bridgehead atoms. The Morgan fingerprint density at radius 3 is 2.57 bits per heavy atom. The van der Waals surface area contributed by atoms with Crippen LogP contribution in [0.15, 0.2) is 18.2 Å². The second kappa shape index (κ2) is 10.1. The van der Waals surface area contributed by atoms with E-state index in [1.165, 1.54) is 31.5 Å². The molecule has 1 N–H and O–H groups in total. The van der Waals surface area contributed by atoms with Crippen molar-refractivity contribution < 1.29 is 4.79 Å². The third-order valence-corrected chi connectivity index (χ3v) is 6.61. The number of anilines is 1. The maximum atomic E-state index is 11.5. The van der Waals surface area contributed by atoms with Crippen LogP contribution in [-0.4, -0.2) is 49.6 Å². The summed E-state index contributed by atoms with van der Waals surface area (Å²) in [6.07, 6.45) is 5.67. The molecule has 0 unspecified atom stereocenters. The lowest BCUT2D eigenvalue weighted by atomic mass is 9.84. The van der Waals surface area contributed by atoms with Crippen molar-refractivity contribution in [3.63, 3.8) is 0 Å². The Hall–Kier alpha value is -1.77. The molecular formula is C22H31ClN4O. The Kier molecular flexibility index (Phi) is 7.58. The zero-order valence-corrected chi connectivity index (χ0v) is 17.5. The van der Waals surface area contributed by atoms with Crippen LogP contribution in [0.3, 0.4) is 0 Å². The molecule has 0 aromatic heterocycles. The number of piperazine rings is 1. The number of benzene rings is 1. The van der Waals surface area contributed by atoms with Gasteiger partial charge in [-0.15, -0.1) is 0 Å². The highest BCUT2D eigenvalue weighted by molar-refractivity contribution is 6.31. The van der Waals surface area contributed by atoms with Crippen LogP contribution in [0.5, 0.6) is 0 Å². The topological polar surface area (TPSA) is 59.4 Å². The minimum absolute atomic E-state index is 0.0271. The van der Waals surface area contributed by atoms with Crippen LogP contribution in [0, 0.1) is 24.2 Å². The number of amides is 1. The Morgan fingerprint density at radius 2 is 1.93 bits per heavy atom. The lowest BCUT2D eigenvalue weighted by Crippen LogP contribution is -2.47. The molecule has 152 valence electrons. The van der Waals surface area contributed by atoms with Crippen molar-refractivity contribution in [2.75, 3.05) is 37.6 Å². The number of rotatable bonds is 6. The third kappa shape index (κ3) is 5.86. The van der Waals surface area contributed by atoms with E-state index in [2.05, 4.69) is 33.3 Å². The number of carbonyl (C=O) groups excluding carboxylic acids is 1. The van der Waals surface area contributed by atoms with Crippen LogP contribution in [0.1, 0.15) is 44.1 Å². The first-order chi connectivity index (χ1) is 13.5. The van der Waals surface area contributed by atoms with Gasteiger partial charge in [-0.1, -0.05) is 17.7 Å². The van der Waals surface area contributed by atoms with Gasteiger partial charge in [0, 0.05) is 42.9 Å². The smallest absolute Gasteiger partial charge is 0.234 e. The lowest BCUT2D eigenvalue weighted by Gasteiger charge is -2.37. The maximum Gasteiger partial charge on any atom is 0.234 e. The highest BCUT2D eigenvalue weighted by Gasteiger charge is 2.24. The molecule has 1 saturated heterocycles. The average molecular weight is 403 g/mol. The van der Waals surface area contributed by atoms with Gasteiger partial charge in [-0.2, -0.15) is 5.26 Å². The summed E-state index contributed by atoms with van der Waals surface area (Å²) in [6.45, 7) is 7.51. The van der Waals surface area contributed by atoms with Gasteiger partial charge in [0.2, 0.25) is 5.91 Å². The largest absolute Gasteiger partial charge is 0.369 e. The van der Waals surface area contributed by atoms with Gasteiger partial charge in [-0.3, -0.25) is 9.69 Å². The number of nitrogens with zero attached hydrogens (tertiary/aromatic N) is 3. The number of nitriles is 1. The molecule has 0 radical (unpaired) electrons. The fourth-order valence-corrected chi connectivity index (χ4v) is 4.49. The fourth-order valence-electron chi connectivity index (χ4n) is 4.32. The predicted octanol–water partition coefficient (Wildman–Crippen LogP) is 3.75. The first-order valence-electron chi connectivity index (χ1n) is 10.4. The van der Waals surface area contributed by atoms with Crippen molar-refractivity contribution >= 4 is 23.2 Å². The van der Waals surface area contributed by atoms with Gasteiger partial charge >= 0.3 is 0 Å². The molecule has 1 heterocycles. The van der Waals surface area contributed by atoms with E-state index in [1.54, 1.807) is 0 Å². The lowest BCUT2D eigenvalue weighted by molar-refractivity contribution is -0.121. The minimum Gasteiger partial charge on any atom is -0.369 e. The van der Waals surface area contributed by atoms with Gasteiger partial charge in [-0.05, 0) is 69.2 Å². The van der Waals surface area contributed by atoms with E-state index >= 15 is 0 Å². The average Bonchev–Trinajstić information content (AvgIpc) is 2.70. The van der Waals surface area contributed by atoms with Crippen molar-refractivity contribution in [3.05, 3.63) is 28.8 Å².